The minimum atomic E-state index is -0.393. The van der Waals surface area contributed by atoms with Crippen molar-refractivity contribution in [1.29, 1.82) is 5.26 Å². The zero-order valence-corrected chi connectivity index (χ0v) is 9.42. The smallest absolute Gasteiger partial charge is 0.256 e. The number of thiophene rings is 1. The van der Waals surface area contributed by atoms with E-state index in [4.69, 9.17) is 5.26 Å². The van der Waals surface area contributed by atoms with Crippen molar-refractivity contribution in [3.63, 3.8) is 0 Å². The summed E-state index contributed by atoms with van der Waals surface area (Å²) < 4.78 is 12.7. The number of nitriles is 1. The molecule has 0 radical (unpaired) electrons. The van der Waals surface area contributed by atoms with E-state index in [1.54, 1.807) is 11.4 Å². The van der Waals surface area contributed by atoms with E-state index in [1.807, 2.05) is 6.07 Å². The van der Waals surface area contributed by atoms with Crippen LogP contribution in [0.4, 0.5) is 9.39 Å². The van der Waals surface area contributed by atoms with E-state index in [-0.39, 0.29) is 5.91 Å². The van der Waals surface area contributed by atoms with E-state index < -0.39 is 5.82 Å². The number of amides is 1. The van der Waals surface area contributed by atoms with Crippen molar-refractivity contribution in [1.82, 2.24) is 0 Å². The fourth-order valence-corrected chi connectivity index (χ4v) is 2.00. The molecule has 0 saturated heterocycles. The molecule has 5 heteroatoms. The third kappa shape index (κ3) is 2.49. The van der Waals surface area contributed by atoms with E-state index >= 15 is 0 Å². The third-order valence-electron chi connectivity index (χ3n) is 2.12. The van der Waals surface area contributed by atoms with Gasteiger partial charge in [0.05, 0.1) is 5.56 Å². The summed E-state index contributed by atoms with van der Waals surface area (Å²) in [5.41, 5.74) is 0.772. The van der Waals surface area contributed by atoms with E-state index in [0.29, 0.717) is 16.1 Å². The maximum Gasteiger partial charge on any atom is 0.256 e. The summed E-state index contributed by atoms with van der Waals surface area (Å²) in [6.07, 6.45) is 0. The summed E-state index contributed by atoms with van der Waals surface area (Å²) in [7, 11) is 0. The topological polar surface area (TPSA) is 52.9 Å². The SMILES string of the molecule is N#Cc1ccsc1NC(=O)c1ccc(F)cc1. The van der Waals surface area contributed by atoms with Crippen LogP contribution in [0.1, 0.15) is 15.9 Å². The number of carbonyl (C=O) groups is 1. The minimum Gasteiger partial charge on any atom is -0.312 e. The number of hydrogen-bond acceptors (Lipinski definition) is 3. The van der Waals surface area contributed by atoms with Crippen LogP contribution in [-0.2, 0) is 0 Å². The summed E-state index contributed by atoms with van der Waals surface area (Å²) in [5.74, 6) is -0.751. The van der Waals surface area contributed by atoms with Crippen LogP contribution in [0.25, 0.3) is 0 Å². The van der Waals surface area contributed by atoms with Crippen molar-refractivity contribution in [2.45, 2.75) is 0 Å². The van der Waals surface area contributed by atoms with Gasteiger partial charge >= 0.3 is 0 Å². The minimum absolute atomic E-state index is 0.351. The molecule has 0 bridgehead atoms. The molecule has 1 aromatic heterocycles. The number of nitrogens with zero attached hydrogens (tertiary/aromatic N) is 1. The Balaban J connectivity index is 2.18. The lowest BCUT2D eigenvalue weighted by molar-refractivity contribution is 0.102. The Morgan fingerprint density at radius 1 is 1.29 bits per heavy atom. The Bertz CT molecular complexity index is 583. The molecule has 2 rings (SSSR count). The molecular formula is C12H7FN2OS. The van der Waals surface area contributed by atoms with Gasteiger partial charge in [-0.05, 0) is 35.7 Å². The average molecular weight is 246 g/mol. The summed E-state index contributed by atoms with van der Waals surface area (Å²) in [6, 6.07) is 8.83. The molecule has 0 spiro atoms. The van der Waals surface area contributed by atoms with Gasteiger partial charge in [-0.2, -0.15) is 5.26 Å². The van der Waals surface area contributed by atoms with Gasteiger partial charge in [-0.1, -0.05) is 0 Å². The number of anilines is 1. The van der Waals surface area contributed by atoms with E-state index in [1.165, 1.54) is 35.6 Å². The first-order chi connectivity index (χ1) is 8.20. The standard InChI is InChI=1S/C12H7FN2OS/c13-10-3-1-8(2-4-10)11(16)15-12-9(7-14)5-6-17-12/h1-6H,(H,15,16). The maximum absolute atomic E-state index is 12.7. The molecule has 84 valence electrons. The monoisotopic (exact) mass is 246 g/mol. The van der Waals surface area contributed by atoms with Crippen LogP contribution in [0.2, 0.25) is 0 Å². The van der Waals surface area contributed by atoms with Crippen LogP contribution in [0, 0.1) is 17.1 Å². The fourth-order valence-electron chi connectivity index (χ4n) is 1.27. The Hall–Kier alpha value is -2.19. The van der Waals surface area contributed by atoms with Gasteiger partial charge in [0.15, 0.2) is 0 Å². The van der Waals surface area contributed by atoms with Gasteiger partial charge in [-0.3, -0.25) is 4.79 Å². The average Bonchev–Trinajstić information content (AvgIpc) is 2.77. The van der Waals surface area contributed by atoms with Crippen molar-refractivity contribution in [2.75, 3.05) is 5.32 Å². The van der Waals surface area contributed by atoms with Gasteiger partial charge < -0.3 is 5.32 Å². The van der Waals surface area contributed by atoms with Gasteiger partial charge in [0.2, 0.25) is 0 Å². The predicted molar refractivity (Wildman–Crippen MR) is 63.4 cm³/mol. The molecule has 2 aromatic rings. The maximum atomic E-state index is 12.7. The highest BCUT2D eigenvalue weighted by atomic mass is 32.1. The lowest BCUT2D eigenvalue weighted by Crippen LogP contribution is -2.11. The van der Waals surface area contributed by atoms with Gasteiger partial charge in [0, 0.05) is 5.56 Å². The predicted octanol–water partition coefficient (Wildman–Crippen LogP) is 3.01. The molecule has 1 aromatic carbocycles. The summed E-state index contributed by atoms with van der Waals surface area (Å²) in [4.78, 5) is 11.8. The number of halogens is 1. The molecule has 0 aliphatic rings. The van der Waals surface area contributed by atoms with Gasteiger partial charge in [-0.25, -0.2) is 4.39 Å². The van der Waals surface area contributed by atoms with Crippen LogP contribution in [0.15, 0.2) is 35.7 Å². The highest BCUT2D eigenvalue weighted by Crippen LogP contribution is 2.22. The Morgan fingerprint density at radius 2 is 2.00 bits per heavy atom. The third-order valence-corrected chi connectivity index (χ3v) is 2.95. The molecule has 0 unspecified atom stereocenters. The van der Waals surface area contributed by atoms with Crippen molar-refractivity contribution in [3.05, 3.63) is 52.7 Å². The van der Waals surface area contributed by atoms with Crippen molar-refractivity contribution in [2.24, 2.45) is 0 Å². The van der Waals surface area contributed by atoms with Gasteiger partial charge in [-0.15, -0.1) is 11.3 Å². The zero-order chi connectivity index (χ0) is 12.3. The highest BCUT2D eigenvalue weighted by molar-refractivity contribution is 7.14. The number of rotatable bonds is 2. The van der Waals surface area contributed by atoms with Crippen molar-refractivity contribution < 1.29 is 9.18 Å². The van der Waals surface area contributed by atoms with Crippen LogP contribution >= 0.6 is 11.3 Å². The first-order valence-corrected chi connectivity index (χ1v) is 5.63. The summed E-state index contributed by atoms with van der Waals surface area (Å²) in [5, 5.41) is 13.6. The molecule has 1 amide bonds. The van der Waals surface area contributed by atoms with Crippen LogP contribution < -0.4 is 5.32 Å². The molecule has 0 atom stereocenters. The summed E-state index contributed by atoms with van der Waals surface area (Å²) in [6.45, 7) is 0. The van der Waals surface area contributed by atoms with E-state index in [9.17, 15) is 9.18 Å². The van der Waals surface area contributed by atoms with E-state index in [0.717, 1.165) is 0 Å². The Labute approximate surface area is 101 Å². The second kappa shape index (κ2) is 4.76. The normalized spacial score (nSPS) is 9.65. The van der Waals surface area contributed by atoms with Crippen LogP contribution in [-0.4, -0.2) is 5.91 Å². The Kier molecular flexibility index (Phi) is 3.17. The molecule has 0 aliphatic carbocycles. The molecule has 1 N–H and O–H groups in total. The van der Waals surface area contributed by atoms with E-state index in [2.05, 4.69) is 5.32 Å². The number of hydrogen-bond donors (Lipinski definition) is 1. The van der Waals surface area contributed by atoms with Crippen molar-refractivity contribution in [3.8, 4) is 6.07 Å². The molecule has 1 heterocycles. The van der Waals surface area contributed by atoms with Gasteiger partial charge in [0.25, 0.3) is 5.91 Å². The molecule has 0 saturated carbocycles. The first kappa shape index (κ1) is 11.3. The molecular weight excluding hydrogens is 239 g/mol. The zero-order valence-electron chi connectivity index (χ0n) is 8.61. The fraction of sp³-hybridized carbons (Fsp3) is 0. The van der Waals surface area contributed by atoms with Crippen LogP contribution in [0.3, 0.4) is 0 Å². The lowest BCUT2D eigenvalue weighted by atomic mass is 10.2. The molecule has 3 nitrogen and oxygen atoms in total. The van der Waals surface area contributed by atoms with Gasteiger partial charge in [0.1, 0.15) is 16.9 Å². The number of carbonyl (C=O) groups excluding carboxylic acids is 1. The molecule has 0 fully saturated rings. The largest absolute Gasteiger partial charge is 0.312 e. The summed E-state index contributed by atoms with van der Waals surface area (Å²) >= 11 is 1.27. The Morgan fingerprint density at radius 3 is 2.65 bits per heavy atom. The highest BCUT2D eigenvalue weighted by Gasteiger charge is 2.09. The number of nitrogens with one attached hydrogen (secondary N) is 1. The quantitative estimate of drug-likeness (QED) is 0.885. The first-order valence-electron chi connectivity index (χ1n) is 4.75. The second-order valence-corrected chi connectivity index (χ2v) is 4.15. The second-order valence-electron chi connectivity index (χ2n) is 3.24. The lowest BCUT2D eigenvalue weighted by Gasteiger charge is -2.02. The number of benzene rings is 1. The van der Waals surface area contributed by atoms with Crippen molar-refractivity contribution >= 4 is 22.2 Å². The molecule has 17 heavy (non-hydrogen) atoms. The molecule has 0 aliphatic heterocycles. The van der Waals surface area contributed by atoms with Crippen LogP contribution in [0.5, 0.6) is 0 Å².